The van der Waals surface area contributed by atoms with Gasteiger partial charge >= 0.3 is 11.9 Å². The lowest BCUT2D eigenvalue weighted by Crippen LogP contribution is -2.63. The molecule has 0 N–H and O–H groups in total. The smallest absolute Gasteiger partial charge is 0.330 e. The molecular weight excluding hydrogens is 516 g/mol. The van der Waals surface area contributed by atoms with Gasteiger partial charge in [0.05, 0.1) is 25.9 Å². The van der Waals surface area contributed by atoms with Crippen LogP contribution < -0.4 is 0 Å². The Labute approximate surface area is 238 Å². The number of carbonyl (C=O) groups is 2. The summed E-state index contributed by atoms with van der Waals surface area (Å²) in [5.41, 5.74) is 0.756. The van der Waals surface area contributed by atoms with E-state index in [0.29, 0.717) is 25.0 Å². The Kier molecular flexibility index (Phi) is 13.0. The number of ether oxygens (including phenoxy) is 7. The molecule has 1 aliphatic heterocycles. The topological polar surface area (TPSA) is 98.8 Å². The molecule has 0 aliphatic carbocycles. The van der Waals surface area contributed by atoms with Crippen LogP contribution >= 0.6 is 0 Å². The lowest BCUT2D eigenvalue weighted by Gasteiger charge is -2.53. The third kappa shape index (κ3) is 8.72. The molecule has 0 amide bonds. The third-order valence-electron chi connectivity index (χ3n) is 7.40. The first-order valence-corrected chi connectivity index (χ1v) is 13.5. The largest absolute Gasteiger partial charge is 0.466 e. The van der Waals surface area contributed by atoms with Crippen LogP contribution in [0.25, 0.3) is 0 Å². The summed E-state index contributed by atoms with van der Waals surface area (Å²) >= 11 is 0. The summed E-state index contributed by atoms with van der Waals surface area (Å²) in [6.07, 6.45) is 3.82. The Morgan fingerprint density at radius 3 is 2.30 bits per heavy atom. The molecule has 1 saturated heterocycles. The van der Waals surface area contributed by atoms with E-state index in [4.69, 9.17) is 33.2 Å². The van der Waals surface area contributed by atoms with E-state index >= 15 is 0 Å². The Morgan fingerprint density at radius 2 is 1.75 bits per heavy atom. The predicted molar refractivity (Wildman–Crippen MR) is 150 cm³/mol. The number of hydrogen-bond donors (Lipinski definition) is 0. The summed E-state index contributed by atoms with van der Waals surface area (Å²) in [5.74, 6) is -2.49. The fourth-order valence-corrected chi connectivity index (χ4v) is 4.93. The van der Waals surface area contributed by atoms with E-state index in [1.807, 2.05) is 57.2 Å². The van der Waals surface area contributed by atoms with Gasteiger partial charge in [-0.15, -0.1) is 0 Å². The minimum Gasteiger partial charge on any atom is -0.466 e. The summed E-state index contributed by atoms with van der Waals surface area (Å²) in [5, 5.41) is 0. The Bertz CT molecular complexity index is 999. The predicted octanol–water partition coefficient (Wildman–Crippen LogP) is 4.98. The van der Waals surface area contributed by atoms with Crippen LogP contribution in [0.2, 0.25) is 0 Å². The van der Waals surface area contributed by atoms with Crippen molar-refractivity contribution >= 4 is 11.9 Å². The van der Waals surface area contributed by atoms with Crippen molar-refractivity contribution in [3.63, 3.8) is 0 Å². The SMILES string of the molecule is COC(=O)/C=C1\C[C@@H](C[C@@H](C)[C@H](C)OCc2ccccc2)O[C@@](OC)(C(C)(C)/C=C/C(OC)OC)C1OC(C)=O. The van der Waals surface area contributed by atoms with Gasteiger partial charge in [0.15, 0.2) is 12.4 Å². The van der Waals surface area contributed by atoms with Crippen molar-refractivity contribution < 1.29 is 42.7 Å². The van der Waals surface area contributed by atoms with Crippen molar-refractivity contribution in [1.82, 2.24) is 0 Å². The average molecular weight is 563 g/mol. The summed E-state index contributed by atoms with van der Waals surface area (Å²) in [6.45, 7) is 9.75. The first kappa shape index (κ1) is 33.6. The van der Waals surface area contributed by atoms with E-state index in [1.54, 1.807) is 6.08 Å². The highest BCUT2D eigenvalue weighted by atomic mass is 16.7. The van der Waals surface area contributed by atoms with Crippen molar-refractivity contribution in [2.45, 2.75) is 84.5 Å². The lowest BCUT2D eigenvalue weighted by molar-refractivity contribution is -0.337. The Hall–Kier alpha value is -2.56. The van der Waals surface area contributed by atoms with E-state index in [1.165, 1.54) is 41.4 Å². The van der Waals surface area contributed by atoms with Crippen molar-refractivity contribution in [1.29, 1.82) is 0 Å². The van der Waals surface area contributed by atoms with Crippen molar-refractivity contribution in [2.24, 2.45) is 11.3 Å². The zero-order valence-electron chi connectivity index (χ0n) is 25.3. The van der Waals surface area contributed by atoms with Gasteiger partial charge in [-0.2, -0.15) is 0 Å². The average Bonchev–Trinajstić information content (AvgIpc) is 2.93. The molecular formula is C31H46O9. The maximum absolute atomic E-state index is 12.4. The second-order valence-electron chi connectivity index (χ2n) is 10.7. The zero-order chi connectivity index (χ0) is 29.9. The van der Waals surface area contributed by atoms with Crippen LogP contribution in [0.5, 0.6) is 0 Å². The molecule has 9 nitrogen and oxygen atoms in total. The highest BCUT2D eigenvalue weighted by molar-refractivity contribution is 5.83. The second kappa shape index (κ2) is 15.4. The Morgan fingerprint density at radius 1 is 1.10 bits per heavy atom. The van der Waals surface area contributed by atoms with E-state index in [2.05, 4.69) is 6.92 Å². The highest BCUT2D eigenvalue weighted by Crippen LogP contribution is 2.49. The normalized spacial score (nSPS) is 24.3. The highest BCUT2D eigenvalue weighted by Gasteiger charge is 2.59. The van der Waals surface area contributed by atoms with Crippen LogP contribution in [0, 0.1) is 11.3 Å². The van der Waals surface area contributed by atoms with Gasteiger partial charge in [0, 0.05) is 39.7 Å². The zero-order valence-corrected chi connectivity index (χ0v) is 25.3. The molecule has 0 bridgehead atoms. The van der Waals surface area contributed by atoms with Crippen LogP contribution in [0.4, 0.5) is 0 Å². The fraction of sp³-hybridized carbons (Fsp3) is 0.613. The molecule has 0 radical (unpaired) electrons. The number of benzene rings is 1. The molecule has 0 aromatic heterocycles. The Balaban J connectivity index is 2.44. The summed E-state index contributed by atoms with van der Waals surface area (Å²) in [4.78, 5) is 24.7. The first-order chi connectivity index (χ1) is 18.9. The first-order valence-electron chi connectivity index (χ1n) is 13.5. The summed E-state index contributed by atoms with van der Waals surface area (Å²) < 4.78 is 40.4. The van der Waals surface area contributed by atoms with E-state index < -0.39 is 35.5 Å². The molecule has 9 heteroatoms. The second-order valence-corrected chi connectivity index (χ2v) is 10.7. The molecule has 1 fully saturated rings. The monoisotopic (exact) mass is 562 g/mol. The summed E-state index contributed by atoms with van der Waals surface area (Å²) in [6, 6.07) is 10.0. The quantitative estimate of drug-likeness (QED) is 0.135. The molecule has 2 rings (SSSR count). The van der Waals surface area contributed by atoms with Crippen molar-refractivity contribution in [3.8, 4) is 0 Å². The van der Waals surface area contributed by atoms with Gasteiger partial charge in [0.2, 0.25) is 5.79 Å². The number of carbonyl (C=O) groups excluding carboxylic acids is 2. The molecule has 5 atom stereocenters. The van der Waals surface area contributed by atoms with Crippen LogP contribution in [-0.4, -0.2) is 70.8 Å². The molecule has 0 saturated carbocycles. The maximum atomic E-state index is 12.4. The van der Waals surface area contributed by atoms with E-state index in [-0.39, 0.29) is 18.1 Å². The minimum absolute atomic E-state index is 0.0722. The molecule has 224 valence electrons. The van der Waals surface area contributed by atoms with Gasteiger partial charge in [-0.3, -0.25) is 4.79 Å². The van der Waals surface area contributed by atoms with Gasteiger partial charge in [-0.25, -0.2) is 4.79 Å². The number of methoxy groups -OCH3 is 4. The van der Waals surface area contributed by atoms with Crippen LogP contribution in [0.15, 0.2) is 54.1 Å². The van der Waals surface area contributed by atoms with Gasteiger partial charge in [0.1, 0.15) is 0 Å². The van der Waals surface area contributed by atoms with E-state index in [9.17, 15) is 9.59 Å². The molecule has 1 aromatic carbocycles. The maximum Gasteiger partial charge on any atom is 0.330 e. The number of rotatable bonds is 14. The van der Waals surface area contributed by atoms with Gasteiger partial charge in [-0.05, 0) is 42.9 Å². The van der Waals surface area contributed by atoms with Gasteiger partial charge < -0.3 is 33.2 Å². The number of esters is 2. The van der Waals surface area contributed by atoms with Crippen molar-refractivity contribution in [2.75, 3.05) is 28.4 Å². The molecule has 40 heavy (non-hydrogen) atoms. The molecule has 1 heterocycles. The standard InChI is InChI=1S/C31H46O9/c1-21(22(2)38-20-24-13-11-10-12-14-24)17-26-18-25(19-27(33)34-6)29(39-23(3)32)31(37-9,40-26)30(4,5)16-15-28(35-7)36-8/h10-16,19,21-22,26,28-29H,17-18,20H2,1-9H3/b16-15+,25-19+/t21-,22+,26-,29?,31-/m1/s1. The van der Waals surface area contributed by atoms with Gasteiger partial charge in [0.25, 0.3) is 0 Å². The molecule has 1 aliphatic rings. The lowest BCUT2D eigenvalue weighted by atomic mass is 9.73. The van der Waals surface area contributed by atoms with Crippen LogP contribution in [-0.2, 0) is 49.4 Å². The van der Waals surface area contributed by atoms with E-state index in [0.717, 1.165) is 5.56 Å². The molecule has 1 aromatic rings. The van der Waals surface area contributed by atoms with Crippen LogP contribution in [0.1, 0.15) is 53.0 Å². The number of hydrogen-bond acceptors (Lipinski definition) is 9. The molecule has 1 unspecified atom stereocenters. The minimum atomic E-state index is -1.49. The van der Waals surface area contributed by atoms with Crippen molar-refractivity contribution in [3.05, 3.63) is 59.7 Å². The van der Waals surface area contributed by atoms with Gasteiger partial charge in [-0.1, -0.05) is 57.2 Å². The van der Waals surface area contributed by atoms with Crippen LogP contribution in [0.3, 0.4) is 0 Å². The third-order valence-corrected chi connectivity index (χ3v) is 7.40. The summed E-state index contributed by atoms with van der Waals surface area (Å²) in [7, 11) is 5.87. The molecule has 0 spiro atoms. The fourth-order valence-electron chi connectivity index (χ4n) is 4.93.